The molecule has 6 fully saturated rings. The quantitative estimate of drug-likeness (QED) is 0.181. The van der Waals surface area contributed by atoms with E-state index in [0.717, 1.165) is 38.3 Å². The van der Waals surface area contributed by atoms with E-state index in [4.69, 9.17) is 9.47 Å². The molecule has 6 aliphatic rings. The topological polar surface area (TPSA) is 59.1 Å². The van der Waals surface area contributed by atoms with Crippen molar-refractivity contribution in [3.63, 3.8) is 0 Å². The summed E-state index contributed by atoms with van der Waals surface area (Å²) in [5, 5.41) is 0. The SMILES string of the molecule is CBr.CBr.CCCC(=O)O[C@H]1C[C@@H]2CC[C@@H]3[C@H](CC[C@@]4(C)[C@H]3C[C@H](N3CCCCC3)[C@@H]4OC(=O)CCC)[C@@]2(C)C[C@@H]1N1CCCCC1. The minimum atomic E-state index is 0.0126. The zero-order valence-electron chi connectivity index (χ0n) is 30.8. The zero-order valence-corrected chi connectivity index (χ0v) is 33.9. The summed E-state index contributed by atoms with van der Waals surface area (Å²) >= 11 is 5.88. The molecule has 4 saturated carbocycles. The summed E-state index contributed by atoms with van der Waals surface area (Å²) in [6.45, 7) is 14.0. The van der Waals surface area contributed by atoms with Crippen LogP contribution >= 0.6 is 31.9 Å². The van der Waals surface area contributed by atoms with Crippen LogP contribution in [0.4, 0.5) is 0 Å². The van der Waals surface area contributed by atoms with Crippen molar-refractivity contribution in [2.24, 2.45) is 34.5 Å². The lowest BCUT2D eigenvalue weighted by atomic mass is 9.44. The third-order valence-corrected chi connectivity index (χ3v) is 13.8. The molecule has 2 heterocycles. The largest absolute Gasteiger partial charge is 0.461 e. The predicted octanol–water partition coefficient (Wildman–Crippen LogP) is 9.40. The first-order valence-electron chi connectivity index (χ1n) is 19.4. The highest BCUT2D eigenvalue weighted by Crippen LogP contribution is 2.67. The molecule has 2 aliphatic heterocycles. The summed E-state index contributed by atoms with van der Waals surface area (Å²) < 4.78 is 12.9. The second-order valence-electron chi connectivity index (χ2n) is 16.1. The number of hydrogen-bond donors (Lipinski definition) is 0. The normalized spacial score (nSPS) is 40.3. The smallest absolute Gasteiger partial charge is 0.306 e. The average molecular weight is 789 g/mol. The molecule has 0 amide bonds. The van der Waals surface area contributed by atoms with Crippen LogP contribution in [-0.4, -0.2) is 83.9 Å². The molecule has 0 aromatic carbocycles. The monoisotopic (exact) mass is 786 g/mol. The number of piperidine rings is 2. The van der Waals surface area contributed by atoms with Gasteiger partial charge in [-0.2, -0.15) is 0 Å². The van der Waals surface area contributed by atoms with Gasteiger partial charge in [0.25, 0.3) is 0 Å². The van der Waals surface area contributed by atoms with E-state index in [9.17, 15) is 9.59 Å². The van der Waals surface area contributed by atoms with Gasteiger partial charge in [-0.15, -0.1) is 0 Å². The predicted molar refractivity (Wildman–Crippen MR) is 200 cm³/mol. The highest BCUT2D eigenvalue weighted by atomic mass is 79.9. The zero-order chi connectivity index (χ0) is 34.2. The minimum Gasteiger partial charge on any atom is -0.461 e. The van der Waals surface area contributed by atoms with Crippen molar-refractivity contribution in [2.45, 2.75) is 161 Å². The van der Waals surface area contributed by atoms with E-state index in [2.05, 4.69) is 69.4 Å². The Bertz CT molecular complexity index is 988. The van der Waals surface area contributed by atoms with E-state index in [1.807, 2.05) is 11.7 Å². The molecule has 0 unspecified atom stereocenters. The number of hydrogen-bond acceptors (Lipinski definition) is 6. The van der Waals surface area contributed by atoms with Crippen LogP contribution < -0.4 is 0 Å². The first kappa shape index (κ1) is 39.6. The molecule has 2 saturated heterocycles. The van der Waals surface area contributed by atoms with Crippen molar-refractivity contribution >= 4 is 43.8 Å². The second-order valence-corrected chi connectivity index (χ2v) is 16.1. The van der Waals surface area contributed by atoms with E-state index in [-0.39, 0.29) is 35.0 Å². The van der Waals surface area contributed by atoms with E-state index in [1.54, 1.807) is 0 Å². The molecule has 0 radical (unpaired) electrons. The number of halogens is 2. The Morgan fingerprint density at radius 1 is 0.681 bits per heavy atom. The molecule has 6 nitrogen and oxygen atoms in total. The molecule has 8 heteroatoms. The fourth-order valence-corrected chi connectivity index (χ4v) is 11.6. The molecule has 6 rings (SSSR count). The van der Waals surface area contributed by atoms with Gasteiger partial charge in [0.05, 0.1) is 0 Å². The first-order valence-corrected chi connectivity index (χ1v) is 22.6. The van der Waals surface area contributed by atoms with Crippen molar-refractivity contribution in [3.8, 4) is 0 Å². The summed E-state index contributed by atoms with van der Waals surface area (Å²) in [5.41, 5.74) is 0.368. The van der Waals surface area contributed by atoms with Gasteiger partial charge in [-0.05, 0) is 150 Å². The molecule has 0 bridgehead atoms. The second kappa shape index (κ2) is 18.4. The molecule has 272 valence electrons. The van der Waals surface area contributed by atoms with Gasteiger partial charge in [0.2, 0.25) is 0 Å². The van der Waals surface area contributed by atoms with Gasteiger partial charge >= 0.3 is 11.9 Å². The summed E-state index contributed by atoms with van der Waals surface area (Å²) in [7, 11) is 0. The maximum Gasteiger partial charge on any atom is 0.306 e. The Labute approximate surface area is 304 Å². The number of carbonyl (C=O) groups excluding carboxylic acids is 2. The van der Waals surface area contributed by atoms with Gasteiger partial charge in [-0.3, -0.25) is 19.4 Å². The summed E-state index contributed by atoms with van der Waals surface area (Å²) in [5.74, 6) is 6.35. The van der Waals surface area contributed by atoms with Gasteiger partial charge in [0.1, 0.15) is 12.2 Å². The molecule has 0 N–H and O–H groups in total. The number of ether oxygens (including phenoxy) is 2. The first-order chi connectivity index (χ1) is 22.8. The molecule has 0 spiro atoms. The van der Waals surface area contributed by atoms with Crippen LogP contribution in [0.2, 0.25) is 0 Å². The molecular formula is C39H68Br2N2O4. The van der Waals surface area contributed by atoms with Gasteiger partial charge in [0, 0.05) is 30.3 Å². The maximum absolute atomic E-state index is 13.0. The highest BCUT2D eigenvalue weighted by Gasteiger charge is 2.65. The molecule has 47 heavy (non-hydrogen) atoms. The van der Waals surface area contributed by atoms with Crippen LogP contribution in [0.1, 0.15) is 137 Å². The van der Waals surface area contributed by atoms with Crippen molar-refractivity contribution in [3.05, 3.63) is 0 Å². The Hall–Kier alpha value is -0.180. The van der Waals surface area contributed by atoms with Crippen LogP contribution in [0.5, 0.6) is 0 Å². The fourth-order valence-electron chi connectivity index (χ4n) is 11.6. The van der Waals surface area contributed by atoms with Gasteiger partial charge in [-0.25, -0.2) is 0 Å². The van der Waals surface area contributed by atoms with Crippen LogP contribution in [0.15, 0.2) is 0 Å². The highest BCUT2D eigenvalue weighted by molar-refractivity contribution is 9.09. The third-order valence-electron chi connectivity index (χ3n) is 13.8. The number of carbonyl (C=O) groups is 2. The van der Waals surface area contributed by atoms with Crippen molar-refractivity contribution in [1.29, 1.82) is 0 Å². The Balaban J connectivity index is 0.00000120. The van der Waals surface area contributed by atoms with Crippen LogP contribution in [0.25, 0.3) is 0 Å². The van der Waals surface area contributed by atoms with Gasteiger partial charge in [0.15, 0.2) is 0 Å². The summed E-state index contributed by atoms with van der Waals surface area (Å²) in [4.78, 5) is 31.3. The number of likely N-dealkylation sites (tertiary alicyclic amines) is 2. The van der Waals surface area contributed by atoms with Crippen LogP contribution in [-0.2, 0) is 19.1 Å². The maximum atomic E-state index is 13.0. The Kier molecular flexibility index (Phi) is 15.5. The number of rotatable bonds is 8. The van der Waals surface area contributed by atoms with Gasteiger partial charge in [-0.1, -0.05) is 72.4 Å². The standard InChI is InChI=1S/C37H62N2O4.2CH3Br/c1-5-13-33(40)42-32-23-26-15-16-27-28(37(26,4)25-31(32)39-21-11-8-12-22-39)17-18-36(3)29(27)24-30(38-19-9-7-10-20-38)35(36)43-34(41)14-6-2;2*1-2/h26-32,35H,5-25H2,1-4H3;2*1H3/t26-,27+,28-,29-,30-,31-,32-,35-,36-,37-;;/m0../s1. The van der Waals surface area contributed by atoms with Crippen molar-refractivity contribution in [2.75, 3.05) is 37.8 Å². The van der Waals surface area contributed by atoms with Crippen molar-refractivity contribution in [1.82, 2.24) is 9.80 Å². The number of fused-ring (bicyclic) bond motifs is 5. The number of esters is 2. The molecule has 10 atom stereocenters. The Morgan fingerprint density at radius 2 is 1.23 bits per heavy atom. The molecule has 4 aliphatic carbocycles. The lowest BCUT2D eigenvalue weighted by molar-refractivity contribution is -0.181. The molecular weight excluding hydrogens is 720 g/mol. The average Bonchev–Trinajstić information content (AvgIpc) is 3.39. The number of nitrogens with zero attached hydrogens (tertiary/aromatic N) is 2. The Morgan fingerprint density at radius 3 is 1.81 bits per heavy atom. The lowest BCUT2D eigenvalue weighted by Crippen LogP contribution is -2.61. The van der Waals surface area contributed by atoms with E-state index >= 15 is 0 Å². The van der Waals surface area contributed by atoms with E-state index in [0.29, 0.717) is 42.7 Å². The van der Waals surface area contributed by atoms with Crippen molar-refractivity contribution < 1.29 is 19.1 Å². The van der Waals surface area contributed by atoms with Crippen LogP contribution in [0, 0.1) is 34.5 Å². The van der Waals surface area contributed by atoms with E-state index < -0.39 is 0 Å². The number of alkyl halides is 2. The lowest BCUT2D eigenvalue weighted by Gasteiger charge is -2.62. The summed E-state index contributed by atoms with van der Waals surface area (Å²) in [6, 6.07) is 0.747. The third kappa shape index (κ3) is 8.49. The van der Waals surface area contributed by atoms with Gasteiger partial charge < -0.3 is 9.47 Å². The van der Waals surface area contributed by atoms with Crippen LogP contribution in [0.3, 0.4) is 0 Å². The molecule has 0 aromatic heterocycles. The summed E-state index contributed by atoms with van der Waals surface area (Å²) in [6.07, 6.45) is 19.1. The van der Waals surface area contributed by atoms with E-state index in [1.165, 1.54) is 90.1 Å². The minimum absolute atomic E-state index is 0.0126. The fraction of sp³-hybridized carbons (Fsp3) is 0.949. The molecule has 0 aromatic rings.